The van der Waals surface area contributed by atoms with E-state index in [-0.39, 0.29) is 5.91 Å². The van der Waals surface area contributed by atoms with Gasteiger partial charge in [-0.05, 0) is 42.5 Å². The van der Waals surface area contributed by atoms with Crippen LogP contribution in [0.3, 0.4) is 0 Å². The van der Waals surface area contributed by atoms with Crippen molar-refractivity contribution in [2.24, 2.45) is 5.92 Å². The predicted octanol–water partition coefficient (Wildman–Crippen LogP) is 3.26. The monoisotopic (exact) mass is 320 g/mol. The second-order valence-corrected chi connectivity index (χ2v) is 7.29. The summed E-state index contributed by atoms with van der Waals surface area (Å²) in [6.45, 7) is 8.20. The van der Waals surface area contributed by atoms with E-state index in [1.165, 1.54) is 22.3 Å². The summed E-state index contributed by atoms with van der Waals surface area (Å²) in [6.07, 6.45) is 0. The number of hydrogen-bond donors (Lipinski definition) is 1. The van der Waals surface area contributed by atoms with Gasteiger partial charge in [0.15, 0.2) is 0 Å². The Morgan fingerprint density at radius 2 is 1.96 bits per heavy atom. The molecule has 0 spiro atoms. The third kappa shape index (κ3) is 2.73. The van der Waals surface area contributed by atoms with Gasteiger partial charge < -0.3 is 5.32 Å². The van der Waals surface area contributed by atoms with Crippen molar-refractivity contribution in [3.05, 3.63) is 70.3 Å². The molecule has 3 nitrogen and oxygen atoms in total. The molecular weight excluding hydrogens is 296 g/mol. The van der Waals surface area contributed by atoms with Crippen molar-refractivity contribution in [1.29, 1.82) is 0 Å². The van der Waals surface area contributed by atoms with Crippen LogP contribution >= 0.6 is 0 Å². The molecule has 1 fully saturated rings. The highest BCUT2D eigenvalue weighted by molar-refractivity contribution is 5.96. The maximum absolute atomic E-state index is 12.3. The highest BCUT2D eigenvalue weighted by atomic mass is 16.1. The first-order valence-electron chi connectivity index (χ1n) is 8.77. The van der Waals surface area contributed by atoms with Crippen LogP contribution in [0, 0.1) is 19.8 Å². The summed E-state index contributed by atoms with van der Waals surface area (Å²) in [5.74, 6) is 1.04. The van der Waals surface area contributed by atoms with Crippen molar-refractivity contribution in [2.45, 2.75) is 26.3 Å². The Balaban J connectivity index is 1.58. The van der Waals surface area contributed by atoms with E-state index in [4.69, 9.17) is 0 Å². The fourth-order valence-electron chi connectivity index (χ4n) is 4.26. The third-order valence-electron chi connectivity index (χ3n) is 5.54. The minimum atomic E-state index is 0.0842. The van der Waals surface area contributed by atoms with Gasteiger partial charge in [-0.3, -0.25) is 9.69 Å². The molecule has 1 saturated heterocycles. The normalized spacial score (nSPS) is 23.3. The van der Waals surface area contributed by atoms with E-state index in [1.54, 1.807) is 0 Å². The van der Waals surface area contributed by atoms with Gasteiger partial charge in [0.1, 0.15) is 0 Å². The molecule has 0 bridgehead atoms. The highest BCUT2D eigenvalue weighted by Crippen LogP contribution is 2.36. The van der Waals surface area contributed by atoms with Crippen LogP contribution in [-0.2, 0) is 6.54 Å². The van der Waals surface area contributed by atoms with Crippen molar-refractivity contribution in [2.75, 3.05) is 19.6 Å². The standard InChI is InChI=1S/C21H24N2O/c1-14-7-8-16(15(2)9-14)11-23-12-17-10-22-21(24)19-6-4-3-5-18(19)20(17)13-23/h3-9,17,20H,10-13H2,1-2H3,(H,22,24)/t17-,20?/m0/s1. The van der Waals surface area contributed by atoms with Crippen LogP contribution in [0.25, 0.3) is 0 Å². The molecular formula is C21H24N2O. The van der Waals surface area contributed by atoms with Gasteiger partial charge >= 0.3 is 0 Å². The van der Waals surface area contributed by atoms with Crippen molar-refractivity contribution < 1.29 is 4.79 Å². The van der Waals surface area contributed by atoms with Gasteiger partial charge in [0.05, 0.1) is 0 Å². The molecule has 2 aliphatic heterocycles. The number of amides is 1. The molecule has 3 heteroatoms. The van der Waals surface area contributed by atoms with Crippen LogP contribution in [0.1, 0.15) is 38.5 Å². The highest BCUT2D eigenvalue weighted by Gasteiger charge is 2.37. The van der Waals surface area contributed by atoms with Crippen LogP contribution in [0.2, 0.25) is 0 Å². The van der Waals surface area contributed by atoms with E-state index in [0.29, 0.717) is 11.8 Å². The van der Waals surface area contributed by atoms with Crippen LogP contribution < -0.4 is 5.32 Å². The van der Waals surface area contributed by atoms with E-state index in [9.17, 15) is 4.79 Å². The van der Waals surface area contributed by atoms with E-state index in [1.807, 2.05) is 12.1 Å². The molecule has 0 aliphatic carbocycles. The maximum Gasteiger partial charge on any atom is 0.251 e. The molecule has 0 saturated carbocycles. The van der Waals surface area contributed by atoms with Gasteiger partial charge in [0, 0.05) is 37.7 Å². The second kappa shape index (κ2) is 6.06. The number of nitrogens with zero attached hydrogens (tertiary/aromatic N) is 1. The first-order chi connectivity index (χ1) is 11.6. The van der Waals surface area contributed by atoms with Gasteiger partial charge in [-0.15, -0.1) is 0 Å². The Bertz CT molecular complexity index is 783. The largest absolute Gasteiger partial charge is 0.352 e. The molecule has 2 atom stereocenters. The summed E-state index contributed by atoms with van der Waals surface area (Å²) in [5.41, 5.74) is 6.18. The van der Waals surface area contributed by atoms with Gasteiger partial charge in [0.25, 0.3) is 5.91 Å². The van der Waals surface area contributed by atoms with Gasteiger partial charge in [0.2, 0.25) is 0 Å². The average Bonchev–Trinajstić information content (AvgIpc) is 2.92. The first-order valence-corrected chi connectivity index (χ1v) is 8.77. The number of hydrogen-bond acceptors (Lipinski definition) is 2. The van der Waals surface area contributed by atoms with Gasteiger partial charge in [-0.25, -0.2) is 0 Å². The molecule has 1 N–H and O–H groups in total. The van der Waals surface area contributed by atoms with Crippen molar-refractivity contribution in [3.63, 3.8) is 0 Å². The first kappa shape index (κ1) is 15.4. The number of benzene rings is 2. The van der Waals surface area contributed by atoms with Crippen LogP contribution in [0.5, 0.6) is 0 Å². The smallest absolute Gasteiger partial charge is 0.251 e. The molecule has 2 aromatic carbocycles. The SMILES string of the molecule is Cc1ccc(CN2CC3c4ccccc4C(=O)NC[C@H]3C2)c(C)c1. The fourth-order valence-corrected chi connectivity index (χ4v) is 4.26. The minimum absolute atomic E-state index is 0.0842. The number of fused-ring (bicyclic) bond motifs is 3. The molecule has 0 radical (unpaired) electrons. The summed E-state index contributed by atoms with van der Waals surface area (Å²) < 4.78 is 0. The molecule has 24 heavy (non-hydrogen) atoms. The Hall–Kier alpha value is -2.13. The second-order valence-electron chi connectivity index (χ2n) is 7.29. The molecule has 2 aromatic rings. The molecule has 2 aliphatic rings. The number of nitrogens with one attached hydrogen (secondary N) is 1. The minimum Gasteiger partial charge on any atom is -0.352 e. The third-order valence-corrected chi connectivity index (χ3v) is 5.54. The summed E-state index contributed by atoms with van der Waals surface area (Å²) in [6, 6.07) is 14.8. The summed E-state index contributed by atoms with van der Waals surface area (Å²) in [7, 11) is 0. The fraction of sp³-hybridized carbons (Fsp3) is 0.381. The van der Waals surface area contributed by atoms with E-state index < -0.39 is 0 Å². The molecule has 124 valence electrons. The molecule has 4 rings (SSSR count). The van der Waals surface area contributed by atoms with E-state index in [0.717, 1.165) is 31.7 Å². The molecule has 0 aromatic heterocycles. The number of rotatable bonds is 2. The van der Waals surface area contributed by atoms with Crippen molar-refractivity contribution >= 4 is 5.91 Å². The van der Waals surface area contributed by atoms with Gasteiger partial charge in [-0.2, -0.15) is 0 Å². The zero-order valence-electron chi connectivity index (χ0n) is 14.4. The Morgan fingerprint density at radius 3 is 2.79 bits per heavy atom. The number of carbonyl (C=O) groups excluding carboxylic acids is 1. The lowest BCUT2D eigenvalue weighted by Crippen LogP contribution is -2.29. The molecule has 1 amide bonds. The maximum atomic E-state index is 12.3. The summed E-state index contributed by atoms with van der Waals surface area (Å²) in [4.78, 5) is 14.8. The Kier molecular flexibility index (Phi) is 3.89. The molecule has 1 unspecified atom stereocenters. The average molecular weight is 320 g/mol. The Morgan fingerprint density at radius 1 is 1.12 bits per heavy atom. The van der Waals surface area contributed by atoms with Crippen LogP contribution in [0.15, 0.2) is 42.5 Å². The topological polar surface area (TPSA) is 32.3 Å². The zero-order valence-corrected chi connectivity index (χ0v) is 14.4. The zero-order chi connectivity index (χ0) is 16.7. The quantitative estimate of drug-likeness (QED) is 0.921. The summed E-state index contributed by atoms with van der Waals surface area (Å²) in [5, 5.41) is 3.11. The lowest BCUT2D eigenvalue weighted by Gasteiger charge is -2.18. The van der Waals surface area contributed by atoms with E-state index >= 15 is 0 Å². The molecule has 2 heterocycles. The van der Waals surface area contributed by atoms with E-state index in [2.05, 4.69) is 54.4 Å². The number of carbonyl (C=O) groups is 1. The lowest BCUT2D eigenvalue weighted by atomic mass is 9.87. The van der Waals surface area contributed by atoms with Crippen molar-refractivity contribution in [3.8, 4) is 0 Å². The van der Waals surface area contributed by atoms with Gasteiger partial charge in [-0.1, -0.05) is 42.0 Å². The number of likely N-dealkylation sites (tertiary alicyclic amines) is 1. The van der Waals surface area contributed by atoms with Crippen LogP contribution in [-0.4, -0.2) is 30.4 Å². The Labute approximate surface area is 143 Å². The summed E-state index contributed by atoms with van der Waals surface area (Å²) >= 11 is 0. The lowest BCUT2D eigenvalue weighted by molar-refractivity contribution is 0.0951. The van der Waals surface area contributed by atoms with Crippen molar-refractivity contribution in [1.82, 2.24) is 10.2 Å². The van der Waals surface area contributed by atoms with Crippen LogP contribution in [0.4, 0.5) is 0 Å². The number of aryl methyl sites for hydroxylation is 2. The predicted molar refractivity (Wildman–Crippen MR) is 96.2 cm³/mol.